The van der Waals surface area contributed by atoms with Crippen molar-refractivity contribution in [3.8, 4) is 22.1 Å². The van der Waals surface area contributed by atoms with Crippen molar-refractivity contribution in [2.45, 2.75) is 0 Å². The Morgan fingerprint density at radius 2 is 1.70 bits per heavy atom. The molecule has 0 N–H and O–H groups in total. The highest BCUT2D eigenvalue weighted by Gasteiger charge is 2.12. The number of para-hydroxylation sites is 1. The maximum Gasteiger partial charge on any atom is 0.221 e. The van der Waals surface area contributed by atoms with Crippen molar-refractivity contribution in [2.24, 2.45) is 0 Å². The van der Waals surface area contributed by atoms with Crippen LogP contribution in [0.25, 0.3) is 38.4 Å². The van der Waals surface area contributed by atoms with E-state index in [9.17, 15) is 9.18 Å². The first-order valence-electron chi connectivity index (χ1n) is 9.20. The molecule has 0 aliphatic heterocycles. The number of thiazole rings is 1. The van der Waals surface area contributed by atoms with Crippen LogP contribution >= 0.6 is 11.3 Å². The summed E-state index contributed by atoms with van der Waals surface area (Å²) in [6, 6.07) is 20.7. The summed E-state index contributed by atoms with van der Waals surface area (Å²) in [5.41, 5.74) is 1.63. The number of hydrogen-bond acceptors (Lipinski definition) is 5. The van der Waals surface area contributed by atoms with Crippen LogP contribution in [0.2, 0.25) is 0 Å². The number of allylic oxidation sites excluding steroid dienone is 1. The molecule has 0 saturated heterocycles. The van der Waals surface area contributed by atoms with Gasteiger partial charge >= 0.3 is 0 Å². The standard InChI is InChI=1S/C24H14FNO3S/c25-16-7-5-15(6-8-16)20-13-14-21(29-20)19(27)11-9-17-10-12-22(28-17)24-26-18-3-1-2-4-23(18)30-24/h1-14H. The minimum Gasteiger partial charge on any atom is -0.454 e. The Bertz CT molecular complexity index is 1340. The average Bonchev–Trinajstić information content (AvgIpc) is 3.51. The van der Waals surface area contributed by atoms with E-state index < -0.39 is 0 Å². The van der Waals surface area contributed by atoms with Crippen molar-refractivity contribution in [2.75, 3.05) is 0 Å². The second kappa shape index (κ2) is 7.57. The fourth-order valence-electron chi connectivity index (χ4n) is 3.01. The van der Waals surface area contributed by atoms with Crippen LogP contribution in [-0.2, 0) is 0 Å². The lowest BCUT2D eigenvalue weighted by Crippen LogP contribution is -1.90. The van der Waals surface area contributed by atoms with Gasteiger partial charge in [0.15, 0.2) is 16.5 Å². The Hall–Kier alpha value is -3.77. The van der Waals surface area contributed by atoms with Crippen molar-refractivity contribution < 1.29 is 18.0 Å². The number of rotatable bonds is 5. The van der Waals surface area contributed by atoms with Crippen LogP contribution in [0.5, 0.6) is 0 Å². The van der Waals surface area contributed by atoms with Crippen molar-refractivity contribution in [3.63, 3.8) is 0 Å². The van der Waals surface area contributed by atoms with Crippen LogP contribution in [0, 0.1) is 5.82 Å². The predicted molar refractivity (Wildman–Crippen MR) is 115 cm³/mol. The Kier molecular flexibility index (Phi) is 4.61. The number of furan rings is 2. The van der Waals surface area contributed by atoms with E-state index in [1.807, 2.05) is 30.3 Å². The molecule has 0 spiro atoms. The van der Waals surface area contributed by atoms with Gasteiger partial charge in [0.2, 0.25) is 5.78 Å². The van der Waals surface area contributed by atoms with Crippen LogP contribution in [0.15, 0.2) is 87.7 Å². The first-order valence-corrected chi connectivity index (χ1v) is 10.0. The van der Waals surface area contributed by atoms with Gasteiger partial charge in [-0.2, -0.15) is 0 Å². The molecular formula is C24H14FNO3S. The normalized spacial score (nSPS) is 11.5. The molecule has 4 nitrogen and oxygen atoms in total. The smallest absolute Gasteiger partial charge is 0.221 e. The molecule has 0 saturated carbocycles. The molecule has 0 fully saturated rings. The highest BCUT2D eigenvalue weighted by Crippen LogP contribution is 2.31. The van der Waals surface area contributed by atoms with Gasteiger partial charge in [-0.1, -0.05) is 12.1 Å². The number of aromatic nitrogens is 1. The summed E-state index contributed by atoms with van der Waals surface area (Å²) in [6.07, 6.45) is 2.99. The third-order valence-corrected chi connectivity index (χ3v) is 5.56. The van der Waals surface area contributed by atoms with Gasteiger partial charge in [0.25, 0.3) is 0 Å². The van der Waals surface area contributed by atoms with E-state index in [2.05, 4.69) is 4.98 Å². The molecule has 2 aromatic carbocycles. The number of nitrogens with zero attached hydrogens (tertiary/aromatic N) is 1. The van der Waals surface area contributed by atoms with Crippen molar-refractivity contribution in [1.82, 2.24) is 4.98 Å². The number of fused-ring (bicyclic) bond motifs is 1. The monoisotopic (exact) mass is 415 g/mol. The minimum absolute atomic E-state index is 0.198. The number of carbonyl (C=O) groups excluding carboxylic acids is 1. The third kappa shape index (κ3) is 3.60. The lowest BCUT2D eigenvalue weighted by atomic mass is 10.2. The Morgan fingerprint density at radius 1 is 0.900 bits per heavy atom. The third-order valence-electron chi connectivity index (χ3n) is 4.51. The molecule has 6 heteroatoms. The molecular weight excluding hydrogens is 401 g/mol. The summed E-state index contributed by atoms with van der Waals surface area (Å²) >= 11 is 1.55. The van der Waals surface area contributed by atoms with E-state index in [1.165, 1.54) is 18.2 Å². The van der Waals surface area contributed by atoms with Gasteiger partial charge in [0, 0.05) is 5.56 Å². The first-order chi connectivity index (χ1) is 14.7. The van der Waals surface area contributed by atoms with Gasteiger partial charge in [-0.05, 0) is 72.8 Å². The van der Waals surface area contributed by atoms with Gasteiger partial charge in [-0.25, -0.2) is 9.37 Å². The maximum absolute atomic E-state index is 13.1. The topological polar surface area (TPSA) is 56.2 Å². The highest BCUT2D eigenvalue weighted by atomic mass is 32.1. The van der Waals surface area contributed by atoms with E-state index in [1.54, 1.807) is 47.7 Å². The van der Waals surface area contributed by atoms with Crippen LogP contribution in [0.4, 0.5) is 4.39 Å². The summed E-state index contributed by atoms with van der Waals surface area (Å²) in [4.78, 5) is 17.0. The minimum atomic E-state index is -0.326. The molecule has 146 valence electrons. The molecule has 3 aromatic heterocycles. The van der Waals surface area contributed by atoms with E-state index in [0.717, 1.165) is 15.2 Å². The number of halogens is 1. The van der Waals surface area contributed by atoms with Crippen molar-refractivity contribution in [3.05, 3.63) is 96.2 Å². The molecule has 0 atom stereocenters. The zero-order valence-corrected chi connectivity index (χ0v) is 16.4. The molecule has 0 bridgehead atoms. The van der Waals surface area contributed by atoms with Crippen LogP contribution in [0.3, 0.4) is 0 Å². The molecule has 0 radical (unpaired) electrons. The summed E-state index contributed by atoms with van der Waals surface area (Å²) in [7, 11) is 0. The number of hydrogen-bond donors (Lipinski definition) is 0. The van der Waals surface area contributed by atoms with E-state index >= 15 is 0 Å². The molecule has 30 heavy (non-hydrogen) atoms. The summed E-state index contributed by atoms with van der Waals surface area (Å²) in [5.74, 6) is 1.28. The second-order valence-electron chi connectivity index (χ2n) is 6.56. The molecule has 0 unspecified atom stereocenters. The lowest BCUT2D eigenvalue weighted by Gasteiger charge is -1.96. The summed E-state index contributed by atoms with van der Waals surface area (Å²) in [6.45, 7) is 0. The molecule has 5 aromatic rings. The highest BCUT2D eigenvalue weighted by molar-refractivity contribution is 7.21. The summed E-state index contributed by atoms with van der Waals surface area (Å²) in [5, 5.41) is 0.789. The van der Waals surface area contributed by atoms with Crippen LogP contribution < -0.4 is 0 Å². The zero-order chi connectivity index (χ0) is 20.5. The number of carbonyl (C=O) groups is 1. The summed E-state index contributed by atoms with van der Waals surface area (Å²) < 4.78 is 25.6. The van der Waals surface area contributed by atoms with E-state index in [0.29, 0.717) is 22.8 Å². The molecule has 0 aliphatic carbocycles. The number of benzene rings is 2. The van der Waals surface area contributed by atoms with Crippen molar-refractivity contribution in [1.29, 1.82) is 0 Å². The fourth-order valence-corrected chi connectivity index (χ4v) is 3.94. The maximum atomic E-state index is 13.1. The number of ketones is 1. The molecule has 0 amide bonds. The van der Waals surface area contributed by atoms with Crippen LogP contribution in [0.1, 0.15) is 16.3 Å². The quantitative estimate of drug-likeness (QED) is 0.233. The lowest BCUT2D eigenvalue weighted by molar-refractivity contribution is 0.102. The Labute approximate surface area is 174 Å². The largest absolute Gasteiger partial charge is 0.454 e. The Morgan fingerprint density at radius 3 is 2.53 bits per heavy atom. The SMILES string of the molecule is O=C(C=Cc1ccc(-c2nc3ccccc3s2)o1)c1ccc(-c2ccc(F)cc2)o1. The van der Waals surface area contributed by atoms with Gasteiger partial charge in [0.1, 0.15) is 17.3 Å². The second-order valence-corrected chi connectivity index (χ2v) is 7.59. The zero-order valence-electron chi connectivity index (χ0n) is 15.5. The van der Waals surface area contributed by atoms with E-state index in [-0.39, 0.29) is 17.4 Å². The predicted octanol–water partition coefficient (Wildman–Crippen LogP) is 6.85. The molecule has 5 rings (SSSR count). The Balaban J connectivity index is 1.32. The van der Waals surface area contributed by atoms with Gasteiger partial charge < -0.3 is 8.83 Å². The van der Waals surface area contributed by atoms with Crippen molar-refractivity contribution >= 4 is 33.4 Å². The average molecular weight is 415 g/mol. The molecule has 3 heterocycles. The fraction of sp³-hybridized carbons (Fsp3) is 0. The molecule has 0 aliphatic rings. The van der Waals surface area contributed by atoms with Gasteiger partial charge in [0.05, 0.1) is 10.2 Å². The first kappa shape index (κ1) is 18.3. The van der Waals surface area contributed by atoms with Gasteiger partial charge in [-0.3, -0.25) is 4.79 Å². The van der Waals surface area contributed by atoms with E-state index in [4.69, 9.17) is 8.83 Å². The van der Waals surface area contributed by atoms with Gasteiger partial charge in [-0.15, -0.1) is 11.3 Å². The van der Waals surface area contributed by atoms with Crippen LogP contribution in [-0.4, -0.2) is 10.8 Å².